The molecular weight excluding hydrogens is 198 g/mol. The van der Waals surface area contributed by atoms with Crippen LogP contribution in [0, 0.1) is 0 Å². The summed E-state index contributed by atoms with van der Waals surface area (Å²) in [6, 6.07) is 10.1. The fourth-order valence-electron chi connectivity index (χ4n) is 1.37. The Hall–Kier alpha value is -0.570. The summed E-state index contributed by atoms with van der Waals surface area (Å²) in [5.41, 5.74) is 6.98. The van der Waals surface area contributed by atoms with Crippen molar-refractivity contribution in [3.05, 3.63) is 35.9 Å². The first-order valence-electron chi connectivity index (χ1n) is 4.67. The van der Waals surface area contributed by atoms with Crippen molar-refractivity contribution in [2.75, 3.05) is 6.61 Å². The summed E-state index contributed by atoms with van der Waals surface area (Å²) in [5, 5.41) is 0. The normalized spacial score (nSPS) is 14.2. The maximum absolute atomic E-state index is 5.83. The third-order valence-corrected chi connectivity index (χ3v) is 1.95. The van der Waals surface area contributed by atoms with Crippen molar-refractivity contribution in [3.8, 4) is 0 Å². The van der Waals surface area contributed by atoms with Crippen LogP contribution in [-0.4, -0.2) is 12.6 Å². The minimum absolute atomic E-state index is 0. The van der Waals surface area contributed by atoms with Crippen molar-refractivity contribution >= 4 is 12.4 Å². The summed E-state index contributed by atoms with van der Waals surface area (Å²) < 4.78 is 5.56. The lowest BCUT2D eigenvalue weighted by atomic mass is 10.0. The molecule has 2 N–H and O–H groups in total. The molecule has 0 amide bonds. The summed E-state index contributed by atoms with van der Waals surface area (Å²) in [4.78, 5) is 0. The van der Waals surface area contributed by atoms with Crippen LogP contribution in [0.3, 0.4) is 0 Å². The zero-order valence-corrected chi connectivity index (χ0v) is 9.46. The fourth-order valence-corrected chi connectivity index (χ4v) is 1.37. The molecule has 0 bridgehead atoms. The minimum Gasteiger partial charge on any atom is -0.372 e. The van der Waals surface area contributed by atoms with E-state index >= 15 is 0 Å². The Labute approximate surface area is 91.9 Å². The molecule has 0 spiro atoms. The summed E-state index contributed by atoms with van der Waals surface area (Å²) in [5.74, 6) is 0. The molecule has 0 saturated carbocycles. The Morgan fingerprint density at radius 3 is 2.29 bits per heavy atom. The molecule has 1 unspecified atom stereocenters. The highest BCUT2D eigenvalue weighted by molar-refractivity contribution is 5.85. The van der Waals surface area contributed by atoms with E-state index in [1.54, 1.807) is 0 Å². The highest BCUT2D eigenvalue weighted by Gasteiger charge is 2.14. The molecule has 0 saturated heterocycles. The van der Waals surface area contributed by atoms with E-state index in [2.05, 4.69) is 0 Å². The number of halogens is 1. The molecule has 0 aliphatic carbocycles. The van der Waals surface area contributed by atoms with E-state index in [-0.39, 0.29) is 24.6 Å². The van der Waals surface area contributed by atoms with E-state index in [9.17, 15) is 0 Å². The highest BCUT2D eigenvalue weighted by atomic mass is 35.5. The molecule has 80 valence electrons. The van der Waals surface area contributed by atoms with E-state index < -0.39 is 0 Å². The summed E-state index contributed by atoms with van der Waals surface area (Å²) in [6.45, 7) is 4.65. The zero-order valence-electron chi connectivity index (χ0n) is 8.64. The van der Waals surface area contributed by atoms with Crippen LogP contribution in [0.25, 0.3) is 0 Å². The molecule has 14 heavy (non-hydrogen) atoms. The maximum atomic E-state index is 5.83. The second kappa shape index (κ2) is 6.82. The van der Waals surface area contributed by atoms with Gasteiger partial charge in [0.05, 0.1) is 6.10 Å². The van der Waals surface area contributed by atoms with Gasteiger partial charge >= 0.3 is 0 Å². The zero-order chi connectivity index (χ0) is 9.68. The van der Waals surface area contributed by atoms with Gasteiger partial charge in [0.2, 0.25) is 0 Å². The molecule has 0 aromatic heterocycles. The van der Waals surface area contributed by atoms with E-state index in [1.165, 1.54) is 0 Å². The van der Waals surface area contributed by atoms with Crippen LogP contribution in [-0.2, 0) is 4.74 Å². The van der Waals surface area contributed by atoms with Gasteiger partial charge in [-0.15, -0.1) is 12.4 Å². The smallest absolute Gasteiger partial charge is 0.0972 e. The van der Waals surface area contributed by atoms with Gasteiger partial charge in [-0.3, -0.25) is 0 Å². The lowest BCUT2D eigenvalue weighted by Crippen LogP contribution is -2.26. The Balaban J connectivity index is 0.00000169. The maximum Gasteiger partial charge on any atom is 0.0972 e. The third kappa shape index (κ3) is 3.66. The molecule has 0 radical (unpaired) electrons. The number of nitrogens with two attached hydrogens (primary N) is 1. The van der Waals surface area contributed by atoms with Gasteiger partial charge in [-0.05, 0) is 19.4 Å². The number of rotatable bonds is 4. The van der Waals surface area contributed by atoms with Crippen LogP contribution < -0.4 is 5.73 Å². The van der Waals surface area contributed by atoms with E-state index in [0.29, 0.717) is 6.61 Å². The largest absolute Gasteiger partial charge is 0.372 e. The first-order chi connectivity index (χ1) is 6.25. The predicted molar refractivity (Wildman–Crippen MR) is 61.7 cm³/mol. The number of hydrogen-bond donors (Lipinski definition) is 1. The molecule has 2 atom stereocenters. The molecule has 0 heterocycles. The summed E-state index contributed by atoms with van der Waals surface area (Å²) >= 11 is 0. The molecule has 1 aromatic rings. The van der Waals surface area contributed by atoms with Crippen molar-refractivity contribution in [2.24, 2.45) is 5.73 Å². The molecule has 0 fully saturated rings. The van der Waals surface area contributed by atoms with Crippen molar-refractivity contribution in [1.82, 2.24) is 0 Å². The second-order valence-electron chi connectivity index (χ2n) is 3.15. The quantitative estimate of drug-likeness (QED) is 0.838. The van der Waals surface area contributed by atoms with Gasteiger partial charge < -0.3 is 10.5 Å². The number of ether oxygens (including phenoxy) is 1. The van der Waals surface area contributed by atoms with Gasteiger partial charge in [-0.1, -0.05) is 30.3 Å². The van der Waals surface area contributed by atoms with Crippen LogP contribution in [0.1, 0.15) is 25.5 Å². The van der Waals surface area contributed by atoms with Gasteiger partial charge in [-0.25, -0.2) is 0 Å². The monoisotopic (exact) mass is 215 g/mol. The number of hydrogen-bond acceptors (Lipinski definition) is 2. The predicted octanol–water partition coefficient (Wildman–Crippen LogP) is 2.53. The minimum atomic E-state index is 0. The molecule has 0 aliphatic rings. The van der Waals surface area contributed by atoms with Crippen molar-refractivity contribution in [2.45, 2.75) is 26.0 Å². The molecule has 1 aromatic carbocycles. The van der Waals surface area contributed by atoms with E-state index in [4.69, 9.17) is 10.5 Å². The Kier molecular flexibility index (Phi) is 6.54. The average Bonchev–Trinajstić information content (AvgIpc) is 2.15. The van der Waals surface area contributed by atoms with Crippen molar-refractivity contribution in [1.29, 1.82) is 0 Å². The van der Waals surface area contributed by atoms with Crippen molar-refractivity contribution in [3.63, 3.8) is 0 Å². The first kappa shape index (κ1) is 13.4. The van der Waals surface area contributed by atoms with Crippen LogP contribution in [0.4, 0.5) is 0 Å². The standard InChI is InChI=1S/C11H17NO.ClH/c1-3-13-11(9(2)12)10-7-5-4-6-8-10;/h4-9,11H,3,12H2,1-2H3;1H/t9-,11?;/m1./s1. The van der Waals surface area contributed by atoms with Crippen LogP contribution >= 0.6 is 12.4 Å². The molecule has 0 aliphatic heterocycles. The van der Waals surface area contributed by atoms with Crippen LogP contribution in [0.5, 0.6) is 0 Å². The van der Waals surface area contributed by atoms with E-state index in [0.717, 1.165) is 5.56 Å². The van der Waals surface area contributed by atoms with Crippen LogP contribution in [0.15, 0.2) is 30.3 Å². The topological polar surface area (TPSA) is 35.2 Å². The molecule has 3 heteroatoms. The van der Waals surface area contributed by atoms with Gasteiger partial charge in [-0.2, -0.15) is 0 Å². The highest BCUT2D eigenvalue weighted by Crippen LogP contribution is 2.19. The van der Waals surface area contributed by atoms with Gasteiger partial charge in [0.1, 0.15) is 0 Å². The van der Waals surface area contributed by atoms with Gasteiger partial charge in [0.25, 0.3) is 0 Å². The Morgan fingerprint density at radius 1 is 1.29 bits per heavy atom. The SMILES string of the molecule is CCOC(c1ccccc1)[C@@H](C)N.Cl. The molecule has 2 nitrogen and oxygen atoms in total. The Bertz CT molecular complexity index is 238. The average molecular weight is 216 g/mol. The lowest BCUT2D eigenvalue weighted by Gasteiger charge is -2.20. The Morgan fingerprint density at radius 2 is 1.86 bits per heavy atom. The first-order valence-corrected chi connectivity index (χ1v) is 4.67. The number of benzene rings is 1. The fraction of sp³-hybridized carbons (Fsp3) is 0.455. The third-order valence-electron chi connectivity index (χ3n) is 1.95. The summed E-state index contributed by atoms with van der Waals surface area (Å²) in [6.07, 6.45) is 0.0196. The van der Waals surface area contributed by atoms with Crippen molar-refractivity contribution < 1.29 is 4.74 Å². The van der Waals surface area contributed by atoms with Gasteiger partial charge in [0, 0.05) is 12.6 Å². The molecular formula is C11H18ClNO. The van der Waals surface area contributed by atoms with E-state index in [1.807, 2.05) is 44.2 Å². The lowest BCUT2D eigenvalue weighted by molar-refractivity contribution is 0.0475. The molecule has 1 rings (SSSR count). The van der Waals surface area contributed by atoms with Crippen LogP contribution in [0.2, 0.25) is 0 Å². The van der Waals surface area contributed by atoms with Gasteiger partial charge in [0.15, 0.2) is 0 Å². The summed E-state index contributed by atoms with van der Waals surface area (Å²) in [7, 11) is 0. The second-order valence-corrected chi connectivity index (χ2v) is 3.15.